The van der Waals surface area contributed by atoms with Crippen LogP contribution in [0.4, 0.5) is 4.79 Å². The molecule has 0 saturated carbocycles. The summed E-state index contributed by atoms with van der Waals surface area (Å²) in [7, 11) is 1.38. The zero-order chi connectivity index (χ0) is 10.8. The molecule has 0 bridgehead atoms. The maximum absolute atomic E-state index is 11.4. The molecule has 0 spiro atoms. The first-order valence-corrected chi connectivity index (χ1v) is 4.76. The number of hydrogen-bond donors (Lipinski definition) is 0. The smallest absolute Gasteiger partial charge is 0.409 e. The molecule has 1 amide bonds. The molecular formula is C10H16N2O2. The van der Waals surface area contributed by atoms with Crippen LogP contribution in [0.1, 0.15) is 26.7 Å². The number of rotatable bonds is 1. The van der Waals surface area contributed by atoms with Crippen molar-refractivity contribution in [3.05, 3.63) is 0 Å². The SMILES string of the molecule is COC(=O)N1CCC(CC#N)C1(C)C. The standard InChI is InChI=1S/C10H16N2O2/c1-10(2)8(4-6-11)5-7-12(10)9(13)14-3/h8H,4-5,7H2,1-3H3. The summed E-state index contributed by atoms with van der Waals surface area (Å²) in [5, 5.41) is 8.66. The molecule has 0 radical (unpaired) electrons. The summed E-state index contributed by atoms with van der Waals surface area (Å²) in [5.74, 6) is 0.256. The molecule has 0 aromatic carbocycles. The molecule has 14 heavy (non-hydrogen) atoms. The van der Waals surface area contributed by atoms with Crippen LogP contribution in [0.25, 0.3) is 0 Å². The topological polar surface area (TPSA) is 53.3 Å². The van der Waals surface area contributed by atoms with Gasteiger partial charge in [-0.25, -0.2) is 4.79 Å². The van der Waals surface area contributed by atoms with Crippen molar-refractivity contribution in [3.8, 4) is 6.07 Å². The van der Waals surface area contributed by atoms with Gasteiger partial charge in [0.1, 0.15) is 0 Å². The number of likely N-dealkylation sites (tertiary alicyclic amines) is 1. The molecule has 1 aliphatic heterocycles. The van der Waals surface area contributed by atoms with Crippen LogP contribution in [-0.2, 0) is 4.74 Å². The Kier molecular flexibility index (Phi) is 3.00. The van der Waals surface area contributed by atoms with Crippen LogP contribution in [0, 0.1) is 17.2 Å². The highest BCUT2D eigenvalue weighted by Crippen LogP contribution is 2.36. The molecule has 0 aromatic heterocycles. The molecule has 78 valence electrons. The second-order valence-corrected chi connectivity index (χ2v) is 4.12. The minimum absolute atomic E-state index is 0.256. The highest BCUT2D eigenvalue weighted by molar-refractivity contribution is 5.69. The van der Waals surface area contributed by atoms with Crippen molar-refractivity contribution in [3.63, 3.8) is 0 Å². The van der Waals surface area contributed by atoms with E-state index in [4.69, 9.17) is 10.00 Å². The first kappa shape index (κ1) is 10.8. The Morgan fingerprint density at radius 3 is 2.86 bits per heavy atom. The van der Waals surface area contributed by atoms with Gasteiger partial charge in [0.2, 0.25) is 0 Å². The molecule has 4 heteroatoms. The highest BCUT2D eigenvalue weighted by atomic mass is 16.5. The Morgan fingerprint density at radius 1 is 1.71 bits per heavy atom. The van der Waals surface area contributed by atoms with Gasteiger partial charge in [-0.3, -0.25) is 0 Å². The predicted octanol–water partition coefficient (Wildman–Crippen LogP) is 1.77. The second kappa shape index (κ2) is 3.87. The average Bonchev–Trinajstić information content (AvgIpc) is 2.42. The number of carbonyl (C=O) groups is 1. The molecule has 1 aliphatic rings. The van der Waals surface area contributed by atoms with E-state index in [1.54, 1.807) is 4.90 Å². The first-order valence-electron chi connectivity index (χ1n) is 4.76. The lowest BCUT2D eigenvalue weighted by molar-refractivity contribution is 0.0873. The van der Waals surface area contributed by atoms with E-state index in [1.807, 2.05) is 13.8 Å². The Labute approximate surface area is 84.4 Å². The number of methoxy groups -OCH3 is 1. The fraction of sp³-hybridized carbons (Fsp3) is 0.800. The molecular weight excluding hydrogens is 180 g/mol. The normalized spacial score (nSPS) is 24.4. The van der Waals surface area contributed by atoms with E-state index in [-0.39, 0.29) is 17.6 Å². The fourth-order valence-corrected chi connectivity index (χ4v) is 2.05. The van der Waals surface area contributed by atoms with Gasteiger partial charge in [0.15, 0.2) is 0 Å². The molecule has 1 unspecified atom stereocenters. The van der Waals surface area contributed by atoms with E-state index in [0.29, 0.717) is 13.0 Å². The van der Waals surface area contributed by atoms with E-state index in [1.165, 1.54) is 7.11 Å². The third-order valence-electron chi connectivity index (χ3n) is 3.13. The van der Waals surface area contributed by atoms with Gasteiger partial charge in [-0.15, -0.1) is 0 Å². The Hall–Kier alpha value is -1.24. The van der Waals surface area contributed by atoms with Crippen LogP contribution in [0.3, 0.4) is 0 Å². The lowest BCUT2D eigenvalue weighted by Gasteiger charge is -2.34. The van der Waals surface area contributed by atoms with E-state index in [0.717, 1.165) is 6.42 Å². The van der Waals surface area contributed by atoms with Crippen molar-refractivity contribution < 1.29 is 9.53 Å². The van der Waals surface area contributed by atoms with Gasteiger partial charge >= 0.3 is 6.09 Å². The van der Waals surface area contributed by atoms with Crippen molar-refractivity contribution in [2.45, 2.75) is 32.2 Å². The van der Waals surface area contributed by atoms with Gasteiger partial charge in [-0.1, -0.05) is 0 Å². The summed E-state index contributed by atoms with van der Waals surface area (Å²) in [6, 6.07) is 2.16. The third kappa shape index (κ3) is 1.67. The number of nitrogens with zero attached hydrogens (tertiary/aromatic N) is 2. The van der Waals surface area contributed by atoms with Gasteiger partial charge < -0.3 is 9.64 Å². The van der Waals surface area contributed by atoms with Gasteiger partial charge in [-0.2, -0.15) is 5.26 Å². The number of amides is 1. The van der Waals surface area contributed by atoms with Crippen molar-refractivity contribution in [2.75, 3.05) is 13.7 Å². The van der Waals surface area contributed by atoms with Crippen LogP contribution in [-0.4, -0.2) is 30.2 Å². The summed E-state index contributed by atoms with van der Waals surface area (Å²) >= 11 is 0. The van der Waals surface area contributed by atoms with Gasteiger partial charge in [0, 0.05) is 18.5 Å². The molecule has 1 atom stereocenters. The Morgan fingerprint density at radius 2 is 2.36 bits per heavy atom. The summed E-state index contributed by atoms with van der Waals surface area (Å²) in [5.41, 5.74) is -0.261. The van der Waals surface area contributed by atoms with Crippen molar-refractivity contribution in [1.29, 1.82) is 5.26 Å². The molecule has 0 N–H and O–H groups in total. The van der Waals surface area contributed by atoms with Crippen molar-refractivity contribution >= 4 is 6.09 Å². The molecule has 0 aromatic rings. The number of hydrogen-bond acceptors (Lipinski definition) is 3. The lowest BCUT2D eigenvalue weighted by atomic mass is 9.86. The number of ether oxygens (including phenoxy) is 1. The van der Waals surface area contributed by atoms with Gasteiger partial charge in [0.25, 0.3) is 0 Å². The highest BCUT2D eigenvalue weighted by Gasteiger charge is 2.43. The lowest BCUT2D eigenvalue weighted by Crippen LogP contribution is -2.45. The summed E-state index contributed by atoms with van der Waals surface area (Å²) in [6.07, 6.45) is 1.09. The Balaban J connectivity index is 2.76. The molecule has 1 rings (SSSR count). The monoisotopic (exact) mass is 196 g/mol. The minimum Gasteiger partial charge on any atom is -0.453 e. The van der Waals surface area contributed by atoms with Crippen molar-refractivity contribution in [1.82, 2.24) is 4.90 Å². The maximum Gasteiger partial charge on any atom is 0.409 e. The number of nitriles is 1. The number of carbonyl (C=O) groups excluding carboxylic acids is 1. The minimum atomic E-state index is -0.296. The van der Waals surface area contributed by atoms with Crippen LogP contribution < -0.4 is 0 Å². The van der Waals surface area contributed by atoms with Gasteiger partial charge in [-0.05, 0) is 26.2 Å². The summed E-state index contributed by atoms with van der Waals surface area (Å²) in [4.78, 5) is 13.1. The van der Waals surface area contributed by atoms with Crippen molar-refractivity contribution in [2.24, 2.45) is 5.92 Å². The molecule has 1 fully saturated rings. The zero-order valence-corrected chi connectivity index (χ0v) is 8.91. The third-order valence-corrected chi connectivity index (χ3v) is 3.13. The maximum atomic E-state index is 11.4. The van der Waals surface area contributed by atoms with E-state index in [2.05, 4.69) is 6.07 Å². The fourth-order valence-electron chi connectivity index (χ4n) is 2.05. The predicted molar refractivity (Wildman–Crippen MR) is 51.5 cm³/mol. The van der Waals surface area contributed by atoms with E-state index >= 15 is 0 Å². The first-order chi connectivity index (χ1) is 6.54. The summed E-state index contributed by atoms with van der Waals surface area (Å²) in [6.45, 7) is 4.66. The van der Waals surface area contributed by atoms with E-state index < -0.39 is 0 Å². The van der Waals surface area contributed by atoms with Crippen LogP contribution in [0.2, 0.25) is 0 Å². The quantitative estimate of drug-likeness (QED) is 0.642. The largest absolute Gasteiger partial charge is 0.453 e. The van der Waals surface area contributed by atoms with Crippen LogP contribution in [0.15, 0.2) is 0 Å². The second-order valence-electron chi connectivity index (χ2n) is 4.12. The zero-order valence-electron chi connectivity index (χ0n) is 8.91. The van der Waals surface area contributed by atoms with E-state index in [9.17, 15) is 4.79 Å². The Bertz CT molecular complexity index is 268. The van der Waals surface area contributed by atoms with Crippen LogP contribution in [0.5, 0.6) is 0 Å². The summed E-state index contributed by atoms with van der Waals surface area (Å²) < 4.78 is 4.70. The molecule has 0 aliphatic carbocycles. The molecule has 1 heterocycles. The molecule has 4 nitrogen and oxygen atoms in total. The molecule has 1 saturated heterocycles. The van der Waals surface area contributed by atoms with Crippen LogP contribution >= 0.6 is 0 Å². The average molecular weight is 196 g/mol. The van der Waals surface area contributed by atoms with Gasteiger partial charge in [0.05, 0.1) is 13.2 Å².